The van der Waals surface area contributed by atoms with Crippen LogP contribution in [0.25, 0.3) is 11.0 Å². The van der Waals surface area contributed by atoms with Gasteiger partial charge in [0.05, 0.1) is 24.8 Å². The fraction of sp³-hybridized carbons (Fsp3) is 0.310. The molecule has 1 aromatic heterocycles. The molecule has 0 N–H and O–H groups in total. The van der Waals surface area contributed by atoms with E-state index in [-0.39, 0.29) is 11.8 Å². The normalized spacial score (nSPS) is 15.7. The lowest BCUT2D eigenvalue weighted by Gasteiger charge is -2.18. The highest BCUT2D eigenvalue weighted by atomic mass is 16.5. The number of aryl methyl sites for hydroxylation is 2. The van der Waals surface area contributed by atoms with Crippen LogP contribution in [0.15, 0.2) is 72.8 Å². The van der Waals surface area contributed by atoms with Crippen LogP contribution in [-0.2, 0) is 11.3 Å². The fourth-order valence-corrected chi connectivity index (χ4v) is 4.82. The lowest BCUT2D eigenvalue weighted by atomic mass is 10.1. The number of rotatable bonds is 9. The summed E-state index contributed by atoms with van der Waals surface area (Å²) in [4.78, 5) is 19.8. The maximum atomic E-state index is 13.0. The second-order valence-corrected chi connectivity index (χ2v) is 9.09. The summed E-state index contributed by atoms with van der Waals surface area (Å²) in [7, 11) is 1.64. The molecule has 1 fully saturated rings. The summed E-state index contributed by atoms with van der Waals surface area (Å²) in [6.45, 7) is 4.21. The first-order chi connectivity index (χ1) is 17.1. The molecule has 0 bridgehead atoms. The summed E-state index contributed by atoms with van der Waals surface area (Å²) in [6.07, 6.45) is 2.37. The summed E-state index contributed by atoms with van der Waals surface area (Å²) >= 11 is 0. The predicted molar refractivity (Wildman–Crippen MR) is 138 cm³/mol. The molecule has 4 aromatic rings. The van der Waals surface area contributed by atoms with Crippen molar-refractivity contribution in [1.82, 2.24) is 9.55 Å². The van der Waals surface area contributed by atoms with Crippen LogP contribution in [0.3, 0.4) is 0 Å². The Morgan fingerprint density at radius 2 is 1.80 bits per heavy atom. The summed E-state index contributed by atoms with van der Waals surface area (Å²) in [5, 5.41) is 0. The number of unbranched alkanes of at least 4 members (excludes halogenated alkanes) is 1. The Bertz CT molecular complexity index is 1330. The number of carbonyl (C=O) groups is 1. The maximum absolute atomic E-state index is 13.0. The van der Waals surface area contributed by atoms with Crippen LogP contribution in [-0.4, -0.2) is 35.7 Å². The first-order valence-corrected chi connectivity index (χ1v) is 12.2. The molecule has 6 nitrogen and oxygen atoms in total. The van der Waals surface area contributed by atoms with E-state index in [9.17, 15) is 4.79 Å². The van der Waals surface area contributed by atoms with Crippen molar-refractivity contribution in [3.63, 3.8) is 0 Å². The van der Waals surface area contributed by atoms with Crippen molar-refractivity contribution in [2.45, 2.75) is 38.6 Å². The number of benzene rings is 3. The number of hydrogen-bond acceptors (Lipinski definition) is 4. The van der Waals surface area contributed by atoms with E-state index < -0.39 is 0 Å². The largest absolute Gasteiger partial charge is 0.497 e. The fourth-order valence-electron chi connectivity index (χ4n) is 4.82. The lowest BCUT2D eigenvalue weighted by Crippen LogP contribution is -2.24. The van der Waals surface area contributed by atoms with E-state index in [4.69, 9.17) is 14.5 Å². The molecule has 0 saturated carbocycles. The van der Waals surface area contributed by atoms with E-state index in [0.29, 0.717) is 19.6 Å². The first kappa shape index (κ1) is 23.0. The number of methoxy groups -OCH3 is 1. The highest BCUT2D eigenvalue weighted by Crippen LogP contribution is 2.34. The zero-order valence-corrected chi connectivity index (χ0v) is 20.3. The predicted octanol–water partition coefficient (Wildman–Crippen LogP) is 5.73. The van der Waals surface area contributed by atoms with Gasteiger partial charge in [-0.2, -0.15) is 0 Å². The van der Waals surface area contributed by atoms with Crippen molar-refractivity contribution < 1.29 is 14.3 Å². The van der Waals surface area contributed by atoms with Gasteiger partial charge in [-0.25, -0.2) is 4.98 Å². The molecule has 0 radical (unpaired) electrons. The van der Waals surface area contributed by atoms with Crippen LogP contribution in [0.2, 0.25) is 0 Å². The van der Waals surface area contributed by atoms with Gasteiger partial charge in [-0.05, 0) is 61.7 Å². The number of para-hydroxylation sites is 2. The van der Waals surface area contributed by atoms with Crippen LogP contribution in [0.1, 0.15) is 36.6 Å². The van der Waals surface area contributed by atoms with Crippen LogP contribution < -0.4 is 14.4 Å². The van der Waals surface area contributed by atoms with Gasteiger partial charge in [0, 0.05) is 37.2 Å². The van der Waals surface area contributed by atoms with Gasteiger partial charge in [0.1, 0.15) is 17.3 Å². The molecule has 3 aromatic carbocycles. The molecule has 1 saturated heterocycles. The molecule has 0 unspecified atom stereocenters. The van der Waals surface area contributed by atoms with Crippen molar-refractivity contribution in [3.05, 3.63) is 84.2 Å². The molecule has 0 spiro atoms. The van der Waals surface area contributed by atoms with Crippen molar-refractivity contribution in [2.75, 3.05) is 25.2 Å². The minimum atomic E-state index is 0.0460. The molecule has 180 valence electrons. The quantitative estimate of drug-likeness (QED) is 0.294. The second kappa shape index (κ2) is 10.2. The Morgan fingerprint density at radius 1 is 0.971 bits per heavy atom. The van der Waals surface area contributed by atoms with E-state index in [0.717, 1.165) is 53.4 Å². The van der Waals surface area contributed by atoms with Crippen molar-refractivity contribution in [1.29, 1.82) is 0 Å². The standard InChI is InChI=1S/C29H31N3O3/c1-21-9-7-12-25(17-21)35-16-6-5-15-31-27-14-4-3-13-26(27)30-29(31)22-18-28(33)32(20-22)23-10-8-11-24(19-23)34-2/h3-4,7-14,17,19,22H,5-6,15-16,18,20H2,1-2H3/t22-/m1/s1. The number of hydrogen-bond donors (Lipinski definition) is 0. The Labute approximate surface area is 206 Å². The van der Waals surface area contributed by atoms with Gasteiger partial charge in [-0.15, -0.1) is 0 Å². The Hall–Kier alpha value is -3.80. The average molecular weight is 470 g/mol. The minimum Gasteiger partial charge on any atom is -0.497 e. The van der Waals surface area contributed by atoms with E-state index in [1.807, 2.05) is 59.5 Å². The van der Waals surface area contributed by atoms with Crippen LogP contribution in [0, 0.1) is 6.92 Å². The number of carbonyl (C=O) groups excluding carboxylic acids is 1. The number of ether oxygens (including phenoxy) is 2. The first-order valence-electron chi connectivity index (χ1n) is 12.2. The number of fused-ring (bicyclic) bond motifs is 1. The third-order valence-corrected chi connectivity index (χ3v) is 6.57. The smallest absolute Gasteiger partial charge is 0.227 e. The zero-order chi connectivity index (χ0) is 24.2. The van der Waals surface area contributed by atoms with Gasteiger partial charge in [0.25, 0.3) is 0 Å². The molecular weight excluding hydrogens is 438 g/mol. The van der Waals surface area contributed by atoms with Gasteiger partial charge in [0.15, 0.2) is 0 Å². The molecule has 0 aliphatic carbocycles. The van der Waals surface area contributed by atoms with Crippen molar-refractivity contribution in [2.24, 2.45) is 0 Å². The summed E-state index contributed by atoms with van der Waals surface area (Å²) < 4.78 is 13.6. The van der Waals surface area contributed by atoms with E-state index >= 15 is 0 Å². The number of aromatic nitrogens is 2. The number of anilines is 1. The molecule has 1 amide bonds. The third-order valence-electron chi connectivity index (χ3n) is 6.57. The third kappa shape index (κ3) is 5.02. The molecule has 35 heavy (non-hydrogen) atoms. The van der Waals surface area contributed by atoms with Crippen LogP contribution >= 0.6 is 0 Å². The molecular formula is C29H31N3O3. The van der Waals surface area contributed by atoms with Gasteiger partial charge in [-0.1, -0.05) is 30.3 Å². The highest BCUT2D eigenvalue weighted by Gasteiger charge is 2.34. The number of nitrogens with zero attached hydrogens (tertiary/aromatic N) is 3. The van der Waals surface area contributed by atoms with Crippen molar-refractivity contribution >= 4 is 22.6 Å². The Balaban J connectivity index is 1.30. The average Bonchev–Trinajstić information content (AvgIpc) is 3.44. The number of amides is 1. The van der Waals surface area contributed by atoms with Gasteiger partial charge in [-0.3, -0.25) is 4.79 Å². The zero-order valence-electron chi connectivity index (χ0n) is 20.3. The SMILES string of the molecule is COc1cccc(N2C[C@H](c3nc4ccccc4n3CCCCOc3cccc(C)c3)CC2=O)c1. The highest BCUT2D eigenvalue weighted by molar-refractivity contribution is 5.96. The lowest BCUT2D eigenvalue weighted by molar-refractivity contribution is -0.117. The second-order valence-electron chi connectivity index (χ2n) is 9.09. The van der Waals surface area contributed by atoms with Crippen LogP contribution in [0.4, 0.5) is 5.69 Å². The molecule has 1 aliphatic rings. The van der Waals surface area contributed by atoms with Crippen molar-refractivity contribution in [3.8, 4) is 11.5 Å². The number of imidazole rings is 1. The van der Waals surface area contributed by atoms with E-state index in [1.165, 1.54) is 5.56 Å². The minimum absolute atomic E-state index is 0.0460. The van der Waals surface area contributed by atoms with Crippen LogP contribution in [0.5, 0.6) is 11.5 Å². The molecule has 1 aliphatic heterocycles. The molecule has 2 heterocycles. The summed E-state index contributed by atoms with van der Waals surface area (Å²) in [5.74, 6) is 2.82. The van der Waals surface area contributed by atoms with Gasteiger partial charge < -0.3 is 18.9 Å². The monoisotopic (exact) mass is 469 g/mol. The molecule has 1 atom stereocenters. The Morgan fingerprint density at radius 3 is 2.66 bits per heavy atom. The van der Waals surface area contributed by atoms with Gasteiger partial charge in [0.2, 0.25) is 5.91 Å². The van der Waals surface area contributed by atoms with Gasteiger partial charge >= 0.3 is 0 Å². The van der Waals surface area contributed by atoms with E-state index in [1.54, 1.807) is 7.11 Å². The molecule has 5 rings (SSSR count). The Kier molecular flexibility index (Phi) is 6.70. The summed E-state index contributed by atoms with van der Waals surface area (Å²) in [5.41, 5.74) is 4.17. The summed E-state index contributed by atoms with van der Waals surface area (Å²) in [6, 6.07) is 24.1. The topological polar surface area (TPSA) is 56.6 Å². The maximum Gasteiger partial charge on any atom is 0.227 e. The molecule has 6 heteroatoms. The van der Waals surface area contributed by atoms with E-state index in [2.05, 4.69) is 29.7 Å².